The predicted molar refractivity (Wildman–Crippen MR) is 172 cm³/mol. The van der Waals surface area contributed by atoms with Crippen LogP contribution in [0.1, 0.15) is 44.8 Å². The van der Waals surface area contributed by atoms with Crippen molar-refractivity contribution in [3.63, 3.8) is 0 Å². The van der Waals surface area contributed by atoms with Gasteiger partial charge in [-0.25, -0.2) is 4.39 Å². The predicted octanol–water partition coefficient (Wildman–Crippen LogP) is 6.70. The van der Waals surface area contributed by atoms with Crippen molar-refractivity contribution in [2.24, 2.45) is 11.8 Å². The second-order valence-electron chi connectivity index (χ2n) is 15.2. The van der Waals surface area contributed by atoms with E-state index in [9.17, 15) is 14.3 Å². The van der Waals surface area contributed by atoms with Crippen LogP contribution in [0.4, 0.5) is 4.39 Å². The van der Waals surface area contributed by atoms with E-state index >= 15 is 0 Å². The molecule has 0 aromatic heterocycles. The van der Waals surface area contributed by atoms with Crippen molar-refractivity contribution in [3.05, 3.63) is 35.6 Å². The Morgan fingerprint density at radius 3 is 2.05 bits per heavy atom. The van der Waals surface area contributed by atoms with Crippen LogP contribution in [-0.4, -0.2) is 79.1 Å². The highest BCUT2D eigenvalue weighted by Crippen LogP contribution is 2.40. The quantitative estimate of drug-likeness (QED) is 0.168. The molecule has 0 radical (unpaired) electrons. The minimum Gasteiger partial charge on any atom is -0.415 e. The van der Waals surface area contributed by atoms with Crippen molar-refractivity contribution < 1.29 is 37.0 Å². The van der Waals surface area contributed by atoms with Crippen molar-refractivity contribution in [1.29, 1.82) is 0 Å². The average molecular weight is 643 g/mol. The molecule has 0 saturated carbocycles. The number of hydrogen-bond donors (Lipinski definition) is 1. The average Bonchev–Trinajstić information content (AvgIpc) is 3.59. The van der Waals surface area contributed by atoms with Crippen molar-refractivity contribution in [2.75, 3.05) is 6.61 Å². The molecule has 2 aliphatic rings. The Morgan fingerprint density at radius 1 is 0.929 bits per heavy atom. The second-order valence-corrected chi connectivity index (χ2v) is 28.6. The number of ketones is 1. The number of rotatable bonds is 15. The van der Waals surface area contributed by atoms with Gasteiger partial charge >= 0.3 is 0 Å². The van der Waals surface area contributed by atoms with E-state index < -0.39 is 31.1 Å². The molecule has 1 N–H and O–H groups in total. The fraction of sp³-hybridized carbons (Fsp3) is 0.774. The van der Waals surface area contributed by atoms with Gasteiger partial charge in [0.15, 0.2) is 25.0 Å². The zero-order chi connectivity index (χ0) is 31.6. The normalized spacial score (nSPS) is 29.2. The molecule has 2 heterocycles. The summed E-state index contributed by atoms with van der Waals surface area (Å²) in [5.74, 6) is -0.376. The van der Waals surface area contributed by atoms with E-state index in [4.69, 9.17) is 22.8 Å². The topological polar surface area (TPSA) is 86.8 Å². The molecule has 9 atom stereocenters. The molecule has 1 aromatic rings. The summed E-state index contributed by atoms with van der Waals surface area (Å²) >= 11 is 0. The molecule has 2 saturated heterocycles. The highest BCUT2D eigenvalue weighted by molar-refractivity contribution is 6.70. The molecule has 3 rings (SSSR count). The summed E-state index contributed by atoms with van der Waals surface area (Å²) < 4.78 is 45.9. The first kappa shape index (κ1) is 35.7. The van der Waals surface area contributed by atoms with Crippen molar-refractivity contribution in [2.45, 2.75) is 135 Å². The van der Waals surface area contributed by atoms with Gasteiger partial charge in [0, 0.05) is 37.2 Å². The monoisotopic (exact) mass is 642 g/mol. The van der Waals surface area contributed by atoms with Gasteiger partial charge in [-0.05, 0) is 83.5 Å². The van der Waals surface area contributed by atoms with Gasteiger partial charge in [0.2, 0.25) is 0 Å². The molecule has 0 spiro atoms. The van der Waals surface area contributed by atoms with E-state index in [-0.39, 0.29) is 72.9 Å². The number of carbonyl (C=O) groups excluding carboxylic acids is 1. The summed E-state index contributed by atoms with van der Waals surface area (Å²) in [7, 11) is -5.70. The lowest BCUT2D eigenvalue weighted by atomic mass is 9.85. The van der Waals surface area contributed by atoms with Gasteiger partial charge in [0.05, 0.1) is 43.2 Å². The van der Waals surface area contributed by atoms with E-state index in [2.05, 4.69) is 72.8 Å². The molecule has 0 bridgehead atoms. The highest BCUT2D eigenvalue weighted by atomic mass is 28.4. The third-order valence-corrected chi connectivity index (χ3v) is 10.7. The van der Waals surface area contributed by atoms with Crippen molar-refractivity contribution in [1.82, 2.24) is 0 Å². The number of hydrogen-bond acceptors (Lipinski definition) is 7. The fourth-order valence-electron chi connectivity index (χ4n) is 5.78. The third kappa shape index (κ3) is 11.3. The van der Waals surface area contributed by atoms with Crippen LogP contribution in [0.25, 0.3) is 0 Å². The second kappa shape index (κ2) is 14.1. The molecule has 2 aliphatic heterocycles. The standard InChI is InChI=1S/C31H55FO7Si3/c1-20(21(2)37-40(3,4)5)29-28(36-29)18-27-31(39-42(9,10)11)30(38-41(6,7)8)23(19-35-27)16-25(33)17-26(34)22-12-14-24(32)15-13-22/h12-15,20-21,23,26-31,34H,16-19H2,1-11H3/t20-,21+,23+,26?,27+,28+,29+,30-,31-/m1/s1. The number of aliphatic hydroxyl groups excluding tert-OH is 1. The lowest BCUT2D eigenvalue weighted by molar-refractivity contribution is -0.159. The lowest BCUT2D eigenvalue weighted by Crippen LogP contribution is -2.58. The van der Waals surface area contributed by atoms with Crippen LogP contribution < -0.4 is 0 Å². The largest absolute Gasteiger partial charge is 0.415 e. The number of carbonyl (C=O) groups is 1. The lowest BCUT2D eigenvalue weighted by Gasteiger charge is -2.47. The Morgan fingerprint density at radius 2 is 1.50 bits per heavy atom. The van der Waals surface area contributed by atoms with Crippen LogP contribution in [0.3, 0.4) is 0 Å². The molecular formula is C31H55FO7Si3. The number of benzene rings is 1. The molecule has 7 nitrogen and oxygen atoms in total. The van der Waals surface area contributed by atoms with Crippen LogP contribution in [0.15, 0.2) is 24.3 Å². The van der Waals surface area contributed by atoms with Crippen LogP contribution in [0.2, 0.25) is 58.9 Å². The van der Waals surface area contributed by atoms with E-state index in [1.807, 2.05) is 0 Å². The van der Waals surface area contributed by atoms with E-state index in [0.29, 0.717) is 18.6 Å². The Balaban J connectivity index is 1.73. The summed E-state index contributed by atoms with van der Waals surface area (Å²) in [6.07, 6.45) is -0.599. The number of halogens is 1. The molecule has 2 fully saturated rings. The van der Waals surface area contributed by atoms with Gasteiger partial charge in [0.1, 0.15) is 11.6 Å². The zero-order valence-corrected chi connectivity index (χ0v) is 30.6. The molecular weight excluding hydrogens is 588 g/mol. The van der Waals surface area contributed by atoms with Crippen molar-refractivity contribution in [3.8, 4) is 0 Å². The Hall–Kier alpha value is -0.769. The molecule has 0 aliphatic carbocycles. The molecule has 1 unspecified atom stereocenters. The number of epoxide rings is 1. The first-order valence-electron chi connectivity index (χ1n) is 15.5. The Bertz CT molecular complexity index is 1020. The van der Waals surface area contributed by atoms with Crippen LogP contribution in [0.5, 0.6) is 0 Å². The smallest absolute Gasteiger partial charge is 0.184 e. The van der Waals surface area contributed by atoms with Gasteiger partial charge in [0.25, 0.3) is 0 Å². The SMILES string of the molecule is C[C@@H]([C@@H]1O[C@H]1C[C@@H]1OC[C@H](CC(=O)CC(O)c2ccc(F)cc2)[C@@H](O[Si](C)(C)C)[C@@H]1O[Si](C)(C)C)[C@H](C)O[Si](C)(C)C. The Kier molecular flexibility index (Phi) is 12.0. The van der Waals surface area contributed by atoms with Crippen LogP contribution in [-0.2, 0) is 27.5 Å². The highest BCUT2D eigenvalue weighted by Gasteiger charge is 2.51. The maximum atomic E-state index is 13.3. The van der Waals surface area contributed by atoms with Gasteiger partial charge < -0.3 is 27.9 Å². The minimum absolute atomic E-state index is 0.0437. The number of aliphatic hydroxyl groups is 1. The summed E-state index contributed by atoms with van der Waals surface area (Å²) in [6, 6.07) is 5.62. The summed E-state index contributed by atoms with van der Waals surface area (Å²) in [5, 5.41) is 10.6. The van der Waals surface area contributed by atoms with Crippen LogP contribution in [0, 0.1) is 17.7 Å². The molecule has 1 aromatic carbocycles. The van der Waals surface area contributed by atoms with Crippen LogP contribution >= 0.6 is 0 Å². The summed E-state index contributed by atoms with van der Waals surface area (Å²) in [6.45, 7) is 24.3. The van der Waals surface area contributed by atoms with Gasteiger partial charge in [-0.15, -0.1) is 0 Å². The number of ether oxygens (including phenoxy) is 2. The van der Waals surface area contributed by atoms with E-state index in [1.54, 1.807) is 0 Å². The maximum Gasteiger partial charge on any atom is 0.184 e. The van der Waals surface area contributed by atoms with Gasteiger partial charge in [-0.3, -0.25) is 4.79 Å². The summed E-state index contributed by atoms with van der Waals surface area (Å²) in [4.78, 5) is 13.2. The maximum absolute atomic E-state index is 13.3. The molecule has 0 amide bonds. The van der Waals surface area contributed by atoms with E-state index in [0.717, 1.165) is 0 Å². The number of Topliss-reactive ketones (excluding diaryl/α,β-unsaturated/α-hetero) is 1. The Labute approximate surface area is 256 Å². The molecule has 42 heavy (non-hydrogen) atoms. The fourth-order valence-corrected chi connectivity index (χ4v) is 9.36. The minimum atomic E-state index is -2.03. The van der Waals surface area contributed by atoms with Gasteiger partial charge in [-0.1, -0.05) is 19.1 Å². The zero-order valence-electron chi connectivity index (χ0n) is 27.6. The van der Waals surface area contributed by atoms with E-state index in [1.165, 1.54) is 24.3 Å². The first-order chi connectivity index (χ1) is 19.2. The summed E-state index contributed by atoms with van der Waals surface area (Å²) in [5.41, 5.74) is 0.525. The molecule has 11 heteroatoms. The third-order valence-electron chi connectivity index (χ3n) is 7.71. The first-order valence-corrected chi connectivity index (χ1v) is 25.7. The molecule has 240 valence electrons. The van der Waals surface area contributed by atoms with Gasteiger partial charge in [-0.2, -0.15) is 0 Å². The van der Waals surface area contributed by atoms with Crippen molar-refractivity contribution >= 4 is 30.7 Å².